The van der Waals surface area contributed by atoms with Gasteiger partial charge in [0, 0.05) is 32.6 Å². The first-order valence-electron chi connectivity index (χ1n) is 9.09. The molecular weight excluding hydrogens is 360 g/mol. The highest BCUT2D eigenvalue weighted by Gasteiger charge is 2.31. The van der Waals surface area contributed by atoms with Crippen molar-refractivity contribution in [2.75, 3.05) is 26.2 Å². The number of amides is 2. The molecule has 144 valence electrons. The van der Waals surface area contributed by atoms with Crippen LogP contribution in [0.2, 0.25) is 0 Å². The number of tetrazole rings is 1. The van der Waals surface area contributed by atoms with E-state index in [2.05, 4.69) is 15.5 Å². The summed E-state index contributed by atoms with van der Waals surface area (Å²) >= 11 is 0. The number of carbonyl (C=O) groups is 2. The van der Waals surface area contributed by atoms with Crippen molar-refractivity contribution in [3.8, 4) is 0 Å². The van der Waals surface area contributed by atoms with E-state index in [-0.39, 0.29) is 11.8 Å². The first-order valence-corrected chi connectivity index (χ1v) is 9.09. The number of furan rings is 1. The number of hydrogen-bond acceptors (Lipinski definition) is 6. The van der Waals surface area contributed by atoms with Crippen molar-refractivity contribution in [1.29, 1.82) is 0 Å². The van der Waals surface area contributed by atoms with Crippen LogP contribution in [0.5, 0.6) is 0 Å². The summed E-state index contributed by atoms with van der Waals surface area (Å²) in [7, 11) is 0. The summed E-state index contributed by atoms with van der Waals surface area (Å²) in [4.78, 5) is 29.1. The van der Waals surface area contributed by atoms with Crippen LogP contribution >= 0.6 is 0 Å². The third-order valence-corrected chi connectivity index (χ3v) is 4.89. The Kier molecular flexibility index (Phi) is 5.14. The molecule has 0 radical (unpaired) electrons. The van der Waals surface area contributed by atoms with Gasteiger partial charge in [-0.2, -0.15) is 0 Å². The Morgan fingerprint density at radius 1 is 1.04 bits per heavy atom. The SMILES string of the molecule is O=C(c1ccoc1)N1CCN(C(=O)C(Cc2ccccc2)n2cnnn2)CC1. The largest absolute Gasteiger partial charge is 0.472 e. The van der Waals surface area contributed by atoms with Crippen LogP contribution in [-0.2, 0) is 11.2 Å². The highest BCUT2D eigenvalue weighted by atomic mass is 16.3. The maximum Gasteiger partial charge on any atom is 0.257 e. The number of aromatic nitrogens is 4. The maximum atomic E-state index is 13.2. The van der Waals surface area contributed by atoms with E-state index < -0.39 is 6.04 Å². The molecule has 1 atom stereocenters. The monoisotopic (exact) mass is 380 g/mol. The molecule has 28 heavy (non-hydrogen) atoms. The fraction of sp³-hybridized carbons (Fsp3) is 0.316. The zero-order chi connectivity index (χ0) is 19.3. The second kappa shape index (κ2) is 8.03. The van der Waals surface area contributed by atoms with E-state index in [0.717, 1.165) is 5.56 Å². The molecule has 1 aromatic carbocycles. The minimum Gasteiger partial charge on any atom is -0.472 e. The van der Waals surface area contributed by atoms with Gasteiger partial charge >= 0.3 is 0 Å². The molecule has 4 rings (SSSR count). The van der Waals surface area contributed by atoms with Crippen LogP contribution in [0, 0.1) is 0 Å². The zero-order valence-electron chi connectivity index (χ0n) is 15.2. The molecule has 0 saturated carbocycles. The Hall–Kier alpha value is -3.49. The van der Waals surface area contributed by atoms with Crippen LogP contribution in [0.4, 0.5) is 0 Å². The fourth-order valence-corrected chi connectivity index (χ4v) is 3.35. The smallest absolute Gasteiger partial charge is 0.257 e. The summed E-state index contributed by atoms with van der Waals surface area (Å²) in [5, 5.41) is 11.3. The van der Waals surface area contributed by atoms with Crippen LogP contribution in [0.3, 0.4) is 0 Å². The Balaban J connectivity index is 1.44. The van der Waals surface area contributed by atoms with E-state index in [9.17, 15) is 9.59 Å². The van der Waals surface area contributed by atoms with Crippen molar-refractivity contribution < 1.29 is 14.0 Å². The van der Waals surface area contributed by atoms with Crippen LogP contribution in [0.25, 0.3) is 0 Å². The molecule has 0 aliphatic carbocycles. The molecule has 0 spiro atoms. The number of rotatable bonds is 5. The van der Waals surface area contributed by atoms with E-state index in [0.29, 0.717) is 38.2 Å². The van der Waals surface area contributed by atoms with E-state index in [1.165, 1.54) is 23.5 Å². The summed E-state index contributed by atoms with van der Waals surface area (Å²) in [6, 6.07) is 10.9. The van der Waals surface area contributed by atoms with Gasteiger partial charge in [-0.1, -0.05) is 30.3 Å². The molecule has 1 fully saturated rings. The van der Waals surface area contributed by atoms with E-state index in [4.69, 9.17) is 4.42 Å². The second-order valence-electron chi connectivity index (χ2n) is 6.62. The van der Waals surface area contributed by atoms with Crippen molar-refractivity contribution in [3.63, 3.8) is 0 Å². The molecule has 1 aliphatic heterocycles. The number of nitrogens with zero attached hydrogens (tertiary/aromatic N) is 6. The summed E-state index contributed by atoms with van der Waals surface area (Å²) in [6.07, 6.45) is 4.88. The predicted octanol–water partition coefficient (Wildman–Crippen LogP) is 1.03. The van der Waals surface area contributed by atoms with Crippen molar-refractivity contribution in [3.05, 3.63) is 66.4 Å². The summed E-state index contributed by atoms with van der Waals surface area (Å²) in [5.74, 6) is -0.131. The Labute approximate surface area is 161 Å². The third kappa shape index (κ3) is 3.78. The molecule has 0 N–H and O–H groups in total. The number of piperazine rings is 1. The first-order chi connectivity index (χ1) is 13.7. The third-order valence-electron chi connectivity index (χ3n) is 4.89. The predicted molar refractivity (Wildman–Crippen MR) is 98.2 cm³/mol. The highest BCUT2D eigenvalue weighted by molar-refractivity contribution is 5.94. The fourth-order valence-electron chi connectivity index (χ4n) is 3.35. The Bertz CT molecular complexity index is 903. The Morgan fingerprint density at radius 2 is 1.79 bits per heavy atom. The van der Waals surface area contributed by atoms with E-state index >= 15 is 0 Å². The van der Waals surface area contributed by atoms with Crippen LogP contribution in [0.1, 0.15) is 22.0 Å². The van der Waals surface area contributed by atoms with Gasteiger partial charge in [-0.25, -0.2) is 4.68 Å². The number of benzene rings is 1. The molecule has 3 aromatic rings. The number of hydrogen-bond donors (Lipinski definition) is 0. The second-order valence-corrected chi connectivity index (χ2v) is 6.62. The van der Waals surface area contributed by atoms with Gasteiger partial charge in [-0.3, -0.25) is 9.59 Å². The van der Waals surface area contributed by atoms with Gasteiger partial charge < -0.3 is 14.2 Å². The lowest BCUT2D eigenvalue weighted by molar-refractivity contribution is -0.136. The highest BCUT2D eigenvalue weighted by Crippen LogP contribution is 2.18. The van der Waals surface area contributed by atoms with E-state index in [1.54, 1.807) is 15.9 Å². The van der Waals surface area contributed by atoms with E-state index in [1.807, 2.05) is 30.3 Å². The number of carbonyl (C=O) groups excluding carboxylic acids is 2. The molecule has 2 aromatic heterocycles. The minimum absolute atomic E-state index is 0.0495. The molecule has 9 heteroatoms. The van der Waals surface area contributed by atoms with Crippen LogP contribution in [-0.4, -0.2) is 68.0 Å². The topological polar surface area (TPSA) is 97.4 Å². The van der Waals surface area contributed by atoms with Crippen molar-refractivity contribution >= 4 is 11.8 Å². The quantitative estimate of drug-likeness (QED) is 0.656. The van der Waals surface area contributed by atoms with Crippen LogP contribution in [0.15, 0.2) is 59.7 Å². The van der Waals surface area contributed by atoms with Crippen LogP contribution < -0.4 is 0 Å². The molecule has 1 unspecified atom stereocenters. The molecule has 0 bridgehead atoms. The Morgan fingerprint density at radius 3 is 2.43 bits per heavy atom. The summed E-state index contributed by atoms with van der Waals surface area (Å²) in [5.41, 5.74) is 1.56. The standard InChI is InChI=1S/C19H20N6O3/c26-18(16-6-11-28-13-16)23-7-9-24(10-8-23)19(27)17(25-14-20-21-22-25)12-15-4-2-1-3-5-15/h1-6,11,13-14,17H,7-10,12H2. The molecular formula is C19H20N6O3. The molecule has 1 aliphatic rings. The minimum atomic E-state index is -0.520. The lowest BCUT2D eigenvalue weighted by Gasteiger charge is -2.36. The van der Waals surface area contributed by atoms with Gasteiger partial charge in [-0.15, -0.1) is 5.10 Å². The lowest BCUT2D eigenvalue weighted by Crippen LogP contribution is -2.52. The van der Waals surface area contributed by atoms with Gasteiger partial charge in [0.15, 0.2) is 0 Å². The molecule has 3 heterocycles. The summed E-state index contributed by atoms with van der Waals surface area (Å²) < 4.78 is 6.48. The maximum absolute atomic E-state index is 13.2. The zero-order valence-corrected chi connectivity index (χ0v) is 15.2. The van der Waals surface area contributed by atoms with Crippen molar-refractivity contribution in [1.82, 2.24) is 30.0 Å². The summed E-state index contributed by atoms with van der Waals surface area (Å²) in [6.45, 7) is 1.89. The van der Waals surface area contributed by atoms with Gasteiger partial charge in [0.1, 0.15) is 18.6 Å². The molecule has 2 amide bonds. The normalized spacial score (nSPS) is 15.4. The lowest BCUT2D eigenvalue weighted by atomic mass is 10.0. The van der Waals surface area contributed by atoms with Gasteiger partial charge in [-0.05, 0) is 22.1 Å². The molecule has 1 saturated heterocycles. The van der Waals surface area contributed by atoms with Gasteiger partial charge in [0.2, 0.25) is 5.91 Å². The average Bonchev–Trinajstić information content (AvgIpc) is 3.46. The van der Waals surface area contributed by atoms with Crippen molar-refractivity contribution in [2.45, 2.75) is 12.5 Å². The average molecular weight is 380 g/mol. The van der Waals surface area contributed by atoms with Gasteiger partial charge in [0.25, 0.3) is 5.91 Å². The van der Waals surface area contributed by atoms with Gasteiger partial charge in [0.05, 0.1) is 11.8 Å². The molecule has 9 nitrogen and oxygen atoms in total. The van der Waals surface area contributed by atoms with Crippen molar-refractivity contribution in [2.24, 2.45) is 0 Å². The first kappa shape index (κ1) is 17.9.